The van der Waals surface area contributed by atoms with Crippen LogP contribution in [0, 0.1) is 6.92 Å². The summed E-state index contributed by atoms with van der Waals surface area (Å²) in [6.45, 7) is 6.85. The number of oxazole rings is 1. The van der Waals surface area contributed by atoms with Crippen LogP contribution >= 0.6 is 11.6 Å². The van der Waals surface area contributed by atoms with E-state index in [0.717, 1.165) is 54.7 Å². The number of nitrogens with zero attached hydrogens (tertiary/aromatic N) is 3. The molecule has 0 saturated carbocycles. The van der Waals surface area contributed by atoms with Gasteiger partial charge in [0.2, 0.25) is 5.89 Å². The molecule has 124 valence electrons. The van der Waals surface area contributed by atoms with Gasteiger partial charge in [-0.25, -0.2) is 4.98 Å². The minimum absolute atomic E-state index is 0.761. The Bertz CT molecular complexity index is 820. The maximum Gasteiger partial charge on any atom is 0.209 e. The second-order valence-electron chi connectivity index (χ2n) is 6.27. The topological polar surface area (TPSA) is 32.5 Å². The summed E-state index contributed by atoms with van der Waals surface area (Å²) in [6, 6.07) is 14.0. The predicted molar refractivity (Wildman–Crippen MR) is 97.7 cm³/mol. The number of fused-ring (bicyclic) bond motifs is 1. The third-order valence-corrected chi connectivity index (χ3v) is 4.82. The number of aryl methyl sites for hydroxylation is 1. The van der Waals surface area contributed by atoms with Gasteiger partial charge in [-0.2, -0.15) is 0 Å². The van der Waals surface area contributed by atoms with Gasteiger partial charge in [-0.3, -0.25) is 4.90 Å². The van der Waals surface area contributed by atoms with Crippen LogP contribution in [0.4, 0.5) is 5.69 Å². The van der Waals surface area contributed by atoms with Gasteiger partial charge in [0.1, 0.15) is 5.52 Å². The molecule has 0 unspecified atom stereocenters. The zero-order valence-corrected chi connectivity index (χ0v) is 14.5. The molecule has 1 aliphatic heterocycles. The molecule has 1 saturated heterocycles. The number of hydrogen-bond acceptors (Lipinski definition) is 4. The van der Waals surface area contributed by atoms with Gasteiger partial charge < -0.3 is 9.32 Å². The summed E-state index contributed by atoms with van der Waals surface area (Å²) in [5, 5.41) is 0.796. The van der Waals surface area contributed by atoms with Gasteiger partial charge >= 0.3 is 0 Å². The molecular formula is C19H20ClN3O. The summed E-state index contributed by atoms with van der Waals surface area (Å²) in [7, 11) is 0. The van der Waals surface area contributed by atoms with Crippen molar-refractivity contribution in [3.63, 3.8) is 0 Å². The van der Waals surface area contributed by atoms with Gasteiger partial charge in [-0.15, -0.1) is 0 Å². The van der Waals surface area contributed by atoms with Crippen molar-refractivity contribution in [2.75, 3.05) is 31.1 Å². The Balaban J connectivity index is 1.41. The van der Waals surface area contributed by atoms with E-state index in [4.69, 9.17) is 16.0 Å². The molecule has 0 N–H and O–H groups in total. The number of rotatable bonds is 3. The number of halogens is 1. The summed E-state index contributed by atoms with van der Waals surface area (Å²) in [4.78, 5) is 9.37. The Morgan fingerprint density at radius 2 is 1.88 bits per heavy atom. The largest absolute Gasteiger partial charge is 0.439 e. The molecule has 1 aromatic heterocycles. The molecule has 0 amide bonds. The summed E-state index contributed by atoms with van der Waals surface area (Å²) < 4.78 is 5.83. The fraction of sp³-hybridized carbons (Fsp3) is 0.316. The fourth-order valence-corrected chi connectivity index (χ4v) is 3.42. The van der Waals surface area contributed by atoms with E-state index in [9.17, 15) is 0 Å². The highest BCUT2D eigenvalue weighted by Crippen LogP contribution is 2.25. The van der Waals surface area contributed by atoms with E-state index in [1.54, 1.807) is 0 Å². The second kappa shape index (κ2) is 6.46. The second-order valence-corrected chi connectivity index (χ2v) is 6.71. The van der Waals surface area contributed by atoms with Gasteiger partial charge in [-0.05, 0) is 36.8 Å². The van der Waals surface area contributed by atoms with Crippen LogP contribution in [-0.2, 0) is 6.54 Å². The quantitative estimate of drug-likeness (QED) is 0.717. The Morgan fingerprint density at radius 3 is 2.67 bits per heavy atom. The van der Waals surface area contributed by atoms with E-state index >= 15 is 0 Å². The molecule has 0 atom stereocenters. The number of para-hydroxylation sites is 2. The minimum Gasteiger partial charge on any atom is -0.439 e. The van der Waals surface area contributed by atoms with Gasteiger partial charge in [-0.1, -0.05) is 29.8 Å². The molecule has 0 spiro atoms. The summed E-state index contributed by atoms with van der Waals surface area (Å²) >= 11 is 6.15. The van der Waals surface area contributed by atoms with E-state index in [1.807, 2.05) is 30.3 Å². The average molecular weight is 342 g/mol. The van der Waals surface area contributed by atoms with Gasteiger partial charge in [0.25, 0.3) is 0 Å². The SMILES string of the molecule is Cc1ccc(Cl)cc1N1CCN(Cc2nc3ccccc3o2)CC1. The lowest BCUT2D eigenvalue weighted by atomic mass is 10.1. The Morgan fingerprint density at radius 1 is 1.08 bits per heavy atom. The summed E-state index contributed by atoms with van der Waals surface area (Å²) in [5.74, 6) is 0.795. The molecule has 0 bridgehead atoms. The summed E-state index contributed by atoms with van der Waals surface area (Å²) in [5.41, 5.74) is 4.30. The fourth-order valence-electron chi connectivity index (χ4n) is 3.25. The van der Waals surface area contributed by atoms with E-state index < -0.39 is 0 Å². The molecule has 24 heavy (non-hydrogen) atoms. The highest BCUT2D eigenvalue weighted by atomic mass is 35.5. The van der Waals surface area contributed by atoms with Crippen molar-refractivity contribution in [2.24, 2.45) is 0 Å². The van der Waals surface area contributed by atoms with Gasteiger partial charge in [0.05, 0.1) is 6.54 Å². The van der Waals surface area contributed by atoms with Crippen molar-refractivity contribution in [3.8, 4) is 0 Å². The average Bonchev–Trinajstić information content (AvgIpc) is 3.00. The first-order chi connectivity index (χ1) is 11.7. The van der Waals surface area contributed by atoms with E-state index in [2.05, 4.69) is 33.8 Å². The number of benzene rings is 2. The molecule has 1 aliphatic rings. The third-order valence-electron chi connectivity index (χ3n) is 4.58. The van der Waals surface area contributed by atoms with Crippen LogP contribution in [-0.4, -0.2) is 36.1 Å². The first kappa shape index (κ1) is 15.5. The monoisotopic (exact) mass is 341 g/mol. The van der Waals surface area contributed by atoms with Crippen molar-refractivity contribution in [3.05, 3.63) is 58.9 Å². The third kappa shape index (κ3) is 3.12. The number of anilines is 1. The lowest BCUT2D eigenvalue weighted by molar-refractivity contribution is 0.228. The van der Waals surface area contributed by atoms with Crippen molar-refractivity contribution < 1.29 is 4.42 Å². The molecule has 2 aromatic carbocycles. The highest BCUT2D eigenvalue weighted by Gasteiger charge is 2.20. The van der Waals surface area contributed by atoms with Crippen molar-refractivity contribution in [1.82, 2.24) is 9.88 Å². The van der Waals surface area contributed by atoms with Crippen LogP contribution in [0.2, 0.25) is 5.02 Å². The highest BCUT2D eigenvalue weighted by molar-refractivity contribution is 6.30. The molecule has 1 fully saturated rings. The number of piperazine rings is 1. The Hall–Kier alpha value is -2.04. The maximum absolute atomic E-state index is 6.15. The maximum atomic E-state index is 6.15. The van der Waals surface area contributed by atoms with Crippen LogP contribution < -0.4 is 4.90 Å². The lowest BCUT2D eigenvalue weighted by Crippen LogP contribution is -2.46. The van der Waals surface area contributed by atoms with Crippen LogP contribution in [0.3, 0.4) is 0 Å². The van der Waals surface area contributed by atoms with Crippen molar-refractivity contribution in [1.29, 1.82) is 0 Å². The normalized spacial score (nSPS) is 16.0. The molecule has 0 radical (unpaired) electrons. The zero-order valence-electron chi connectivity index (χ0n) is 13.7. The minimum atomic E-state index is 0.761. The first-order valence-electron chi connectivity index (χ1n) is 8.27. The molecule has 5 heteroatoms. The van der Waals surface area contributed by atoms with Crippen molar-refractivity contribution in [2.45, 2.75) is 13.5 Å². The van der Waals surface area contributed by atoms with E-state index in [0.29, 0.717) is 0 Å². The van der Waals surface area contributed by atoms with Crippen LogP contribution in [0.5, 0.6) is 0 Å². The zero-order chi connectivity index (χ0) is 16.5. The van der Waals surface area contributed by atoms with E-state index in [1.165, 1.54) is 11.3 Å². The number of aromatic nitrogens is 1. The van der Waals surface area contributed by atoms with Gasteiger partial charge in [0, 0.05) is 36.9 Å². The molecule has 0 aliphatic carbocycles. The molecule has 4 nitrogen and oxygen atoms in total. The van der Waals surface area contributed by atoms with Crippen molar-refractivity contribution >= 4 is 28.4 Å². The molecular weight excluding hydrogens is 322 g/mol. The molecule has 2 heterocycles. The predicted octanol–water partition coefficient (Wildman–Crippen LogP) is 4.11. The van der Waals surface area contributed by atoms with Crippen LogP contribution in [0.25, 0.3) is 11.1 Å². The van der Waals surface area contributed by atoms with Crippen LogP contribution in [0.1, 0.15) is 11.5 Å². The lowest BCUT2D eigenvalue weighted by Gasteiger charge is -2.36. The smallest absolute Gasteiger partial charge is 0.209 e. The standard InChI is InChI=1S/C19H20ClN3O/c1-14-6-7-15(20)12-17(14)23-10-8-22(9-11-23)13-19-21-16-4-2-3-5-18(16)24-19/h2-7,12H,8-11,13H2,1H3. The molecule has 3 aromatic rings. The van der Waals surface area contributed by atoms with Crippen LogP contribution in [0.15, 0.2) is 46.9 Å². The van der Waals surface area contributed by atoms with E-state index in [-0.39, 0.29) is 0 Å². The Kier molecular flexibility index (Phi) is 4.17. The molecule has 4 rings (SSSR count). The first-order valence-corrected chi connectivity index (χ1v) is 8.65. The number of hydrogen-bond donors (Lipinski definition) is 0. The van der Waals surface area contributed by atoms with Gasteiger partial charge in [0.15, 0.2) is 5.58 Å². The Labute approximate surface area is 146 Å². The summed E-state index contributed by atoms with van der Waals surface area (Å²) in [6.07, 6.45) is 0.